The Morgan fingerprint density at radius 3 is 2.64 bits per heavy atom. The van der Waals surface area contributed by atoms with Crippen molar-refractivity contribution >= 4 is 11.6 Å². The van der Waals surface area contributed by atoms with Gasteiger partial charge in [0.05, 0.1) is 0 Å². The highest BCUT2D eigenvalue weighted by atomic mass is 35.5. The molecule has 1 fully saturated rings. The molecule has 2 atom stereocenters. The van der Waals surface area contributed by atoms with Crippen LogP contribution in [0.15, 0.2) is 0 Å². The van der Waals surface area contributed by atoms with Crippen LogP contribution in [-0.2, 0) is 0 Å². The predicted octanol–water partition coefficient (Wildman–Crippen LogP) is 3.97. The lowest BCUT2D eigenvalue weighted by Crippen LogP contribution is -2.06. The highest BCUT2D eigenvalue weighted by molar-refractivity contribution is 6.20. The minimum absolute atomic E-state index is 0.506. The Balaban J connectivity index is 2.05. The maximum atomic E-state index is 6.16. The van der Waals surface area contributed by atoms with Gasteiger partial charge in [-0.3, -0.25) is 0 Å². The van der Waals surface area contributed by atoms with Crippen LogP contribution in [0, 0.1) is 5.92 Å². The Labute approximate surface area is 75.3 Å². The molecule has 0 radical (unpaired) electrons. The van der Waals surface area contributed by atoms with E-state index in [1.54, 1.807) is 0 Å². The Morgan fingerprint density at radius 2 is 2.09 bits per heavy atom. The van der Waals surface area contributed by atoms with Crippen LogP contribution >= 0.6 is 11.6 Å². The number of halogens is 1. The molecule has 1 aliphatic rings. The molecule has 1 heteroatoms. The van der Waals surface area contributed by atoms with E-state index in [0.29, 0.717) is 5.38 Å². The molecule has 1 saturated carbocycles. The molecule has 66 valence electrons. The molecule has 0 aromatic carbocycles. The molecule has 1 rings (SSSR count). The van der Waals surface area contributed by atoms with Gasteiger partial charge in [0.25, 0.3) is 0 Å². The van der Waals surface area contributed by atoms with E-state index < -0.39 is 0 Å². The molecule has 0 aliphatic heterocycles. The summed E-state index contributed by atoms with van der Waals surface area (Å²) in [5.41, 5.74) is 0. The summed E-state index contributed by atoms with van der Waals surface area (Å²) in [4.78, 5) is 0. The number of hydrogen-bond acceptors (Lipinski definition) is 0. The minimum atomic E-state index is 0.506. The molecule has 0 amide bonds. The number of hydrogen-bond donors (Lipinski definition) is 0. The molecular formula is C10H19Cl. The van der Waals surface area contributed by atoms with Crippen molar-refractivity contribution in [2.45, 2.75) is 57.2 Å². The second-order valence-electron chi connectivity index (χ2n) is 3.70. The van der Waals surface area contributed by atoms with Crippen LogP contribution in [-0.4, -0.2) is 5.38 Å². The molecule has 0 bridgehead atoms. The van der Waals surface area contributed by atoms with Gasteiger partial charge in [-0.25, -0.2) is 0 Å². The first-order valence-electron chi connectivity index (χ1n) is 4.98. The molecular weight excluding hydrogens is 156 g/mol. The molecule has 11 heavy (non-hydrogen) atoms. The Kier molecular flexibility index (Phi) is 4.29. The Hall–Kier alpha value is 0.290. The molecule has 2 unspecified atom stereocenters. The average Bonchev–Trinajstić information content (AvgIpc) is 2.37. The smallest absolute Gasteiger partial charge is 0.0364 e. The van der Waals surface area contributed by atoms with Crippen LogP contribution in [0.2, 0.25) is 0 Å². The topological polar surface area (TPSA) is 0 Å². The minimum Gasteiger partial charge on any atom is -0.123 e. The fourth-order valence-electron chi connectivity index (χ4n) is 1.97. The second kappa shape index (κ2) is 5.03. The SMILES string of the molecule is CCCCCC1CCCC1Cl. The van der Waals surface area contributed by atoms with Crippen LogP contribution in [0.5, 0.6) is 0 Å². The highest BCUT2D eigenvalue weighted by Gasteiger charge is 2.24. The molecule has 0 aromatic rings. The van der Waals surface area contributed by atoms with Crippen molar-refractivity contribution in [3.8, 4) is 0 Å². The lowest BCUT2D eigenvalue weighted by atomic mass is 10.00. The summed E-state index contributed by atoms with van der Waals surface area (Å²) in [6.45, 7) is 2.26. The van der Waals surface area contributed by atoms with Crippen LogP contribution in [0.25, 0.3) is 0 Å². The monoisotopic (exact) mass is 174 g/mol. The van der Waals surface area contributed by atoms with Gasteiger partial charge in [0.15, 0.2) is 0 Å². The second-order valence-corrected chi connectivity index (χ2v) is 4.26. The van der Waals surface area contributed by atoms with Gasteiger partial charge in [0.1, 0.15) is 0 Å². The quantitative estimate of drug-likeness (QED) is 0.447. The van der Waals surface area contributed by atoms with Crippen molar-refractivity contribution in [1.29, 1.82) is 0 Å². The van der Waals surface area contributed by atoms with Crippen molar-refractivity contribution in [2.24, 2.45) is 5.92 Å². The van der Waals surface area contributed by atoms with Crippen LogP contribution < -0.4 is 0 Å². The van der Waals surface area contributed by atoms with Gasteiger partial charge in [-0.05, 0) is 25.2 Å². The Morgan fingerprint density at radius 1 is 1.27 bits per heavy atom. The standard InChI is InChI=1S/C10H19Cl/c1-2-3-4-6-9-7-5-8-10(9)11/h9-10H,2-8H2,1H3. The van der Waals surface area contributed by atoms with Gasteiger partial charge in [-0.15, -0.1) is 11.6 Å². The van der Waals surface area contributed by atoms with Crippen molar-refractivity contribution in [3.63, 3.8) is 0 Å². The van der Waals surface area contributed by atoms with Crippen molar-refractivity contribution < 1.29 is 0 Å². The third-order valence-corrected chi connectivity index (χ3v) is 3.32. The first-order valence-corrected chi connectivity index (χ1v) is 5.42. The number of unbranched alkanes of at least 4 members (excludes halogenated alkanes) is 2. The first kappa shape index (κ1) is 9.38. The van der Waals surface area contributed by atoms with E-state index in [1.807, 2.05) is 0 Å². The fourth-order valence-corrected chi connectivity index (χ4v) is 2.38. The van der Waals surface area contributed by atoms with E-state index in [4.69, 9.17) is 11.6 Å². The summed E-state index contributed by atoms with van der Waals surface area (Å²) < 4.78 is 0. The Bertz CT molecular complexity index is 101. The summed E-state index contributed by atoms with van der Waals surface area (Å²) in [7, 11) is 0. The average molecular weight is 175 g/mol. The van der Waals surface area contributed by atoms with Crippen LogP contribution in [0.4, 0.5) is 0 Å². The van der Waals surface area contributed by atoms with E-state index in [1.165, 1.54) is 44.9 Å². The highest BCUT2D eigenvalue weighted by Crippen LogP contribution is 2.33. The van der Waals surface area contributed by atoms with Crippen molar-refractivity contribution in [2.75, 3.05) is 0 Å². The van der Waals surface area contributed by atoms with Crippen molar-refractivity contribution in [3.05, 3.63) is 0 Å². The zero-order valence-electron chi connectivity index (χ0n) is 7.48. The van der Waals surface area contributed by atoms with Crippen LogP contribution in [0.3, 0.4) is 0 Å². The summed E-state index contributed by atoms with van der Waals surface area (Å²) in [6.07, 6.45) is 9.51. The zero-order chi connectivity index (χ0) is 8.10. The van der Waals surface area contributed by atoms with Gasteiger partial charge in [-0.1, -0.05) is 32.6 Å². The maximum absolute atomic E-state index is 6.16. The van der Waals surface area contributed by atoms with Gasteiger partial charge in [-0.2, -0.15) is 0 Å². The van der Waals surface area contributed by atoms with E-state index in [2.05, 4.69) is 6.92 Å². The predicted molar refractivity (Wildman–Crippen MR) is 51.1 cm³/mol. The molecule has 0 N–H and O–H groups in total. The fraction of sp³-hybridized carbons (Fsp3) is 1.00. The van der Waals surface area contributed by atoms with E-state index >= 15 is 0 Å². The third kappa shape index (κ3) is 3.02. The van der Waals surface area contributed by atoms with Gasteiger partial charge < -0.3 is 0 Å². The summed E-state index contributed by atoms with van der Waals surface area (Å²) in [5.74, 6) is 0.850. The zero-order valence-corrected chi connectivity index (χ0v) is 8.24. The molecule has 0 heterocycles. The van der Waals surface area contributed by atoms with E-state index in [9.17, 15) is 0 Å². The van der Waals surface area contributed by atoms with Gasteiger partial charge in [0.2, 0.25) is 0 Å². The third-order valence-electron chi connectivity index (χ3n) is 2.74. The van der Waals surface area contributed by atoms with Crippen LogP contribution in [0.1, 0.15) is 51.9 Å². The lowest BCUT2D eigenvalue weighted by molar-refractivity contribution is 0.476. The summed E-state index contributed by atoms with van der Waals surface area (Å²) >= 11 is 6.16. The van der Waals surface area contributed by atoms with Gasteiger partial charge in [0, 0.05) is 5.38 Å². The molecule has 1 aliphatic carbocycles. The number of alkyl halides is 1. The maximum Gasteiger partial charge on any atom is 0.0364 e. The largest absolute Gasteiger partial charge is 0.123 e. The van der Waals surface area contributed by atoms with E-state index in [0.717, 1.165) is 5.92 Å². The first-order chi connectivity index (χ1) is 5.34. The van der Waals surface area contributed by atoms with Gasteiger partial charge >= 0.3 is 0 Å². The van der Waals surface area contributed by atoms with Crippen molar-refractivity contribution in [1.82, 2.24) is 0 Å². The molecule has 0 saturated heterocycles. The lowest BCUT2D eigenvalue weighted by Gasteiger charge is -2.12. The summed E-state index contributed by atoms with van der Waals surface area (Å²) in [5, 5.41) is 0.506. The normalized spacial score (nSPS) is 31.1. The number of rotatable bonds is 4. The summed E-state index contributed by atoms with van der Waals surface area (Å²) in [6, 6.07) is 0. The molecule has 0 nitrogen and oxygen atoms in total. The molecule has 0 spiro atoms. The van der Waals surface area contributed by atoms with E-state index in [-0.39, 0.29) is 0 Å². The molecule has 0 aromatic heterocycles.